The number of hydrogen-bond acceptors (Lipinski definition) is 3. The number of aromatic nitrogens is 4. The summed E-state index contributed by atoms with van der Waals surface area (Å²) in [6, 6.07) is 7.48. The minimum absolute atomic E-state index is 0.0491. The zero-order valence-electron chi connectivity index (χ0n) is 15.8. The van der Waals surface area contributed by atoms with E-state index < -0.39 is 11.6 Å². The summed E-state index contributed by atoms with van der Waals surface area (Å²) in [7, 11) is 0. The molecule has 0 atom stereocenters. The van der Waals surface area contributed by atoms with Crippen LogP contribution < -0.4 is 0 Å². The van der Waals surface area contributed by atoms with Crippen molar-refractivity contribution in [3.63, 3.8) is 0 Å². The summed E-state index contributed by atoms with van der Waals surface area (Å²) in [6.45, 7) is 0.882. The number of rotatable bonds is 3. The van der Waals surface area contributed by atoms with Crippen molar-refractivity contribution in [1.29, 1.82) is 0 Å². The zero-order valence-corrected chi connectivity index (χ0v) is 15.8. The van der Waals surface area contributed by atoms with E-state index in [0.717, 1.165) is 34.3 Å². The van der Waals surface area contributed by atoms with Crippen molar-refractivity contribution >= 4 is 22.5 Å². The summed E-state index contributed by atoms with van der Waals surface area (Å²) in [5, 5.41) is 7.46. The van der Waals surface area contributed by atoms with Crippen LogP contribution in [-0.4, -0.2) is 44.1 Å². The van der Waals surface area contributed by atoms with Crippen molar-refractivity contribution in [3.8, 4) is 11.3 Å². The molecule has 0 aliphatic carbocycles. The molecule has 5 rings (SSSR count). The first kappa shape index (κ1) is 18.2. The first-order valence-corrected chi connectivity index (χ1v) is 9.52. The highest BCUT2D eigenvalue weighted by Crippen LogP contribution is 2.31. The minimum Gasteiger partial charge on any atom is -0.346 e. The Hall–Kier alpha value is -3.81. The van der Waals surface area contributed by atoms with Crippen LogP contribution in [0.15, 0.2) is 55.0 Å². The molecule has 4 aromatic rings. The number of aromatic amines is 2. The van der Waals surface area contributed by atoms with Crippen LogP contribution in [0.3, 0.4) is 0 Å². The first-order valence-electron chi connectivity index (χ1n) is 9.52. The van der Waals surface area contributed by atoms with Gasteiger partial charge in [-0.2, -0.15) is 5.10 Å². The Morgan fingerprint density at radius 2 is 1.97 bits per heavy atom. The number of H-pyrrole nitrogens is 2. The first-order chi connectivity index (χ1) is 14.6. The second-order valence-electron chi connectivity index (χ2n) is 7.09. The van der Waals surface area contributed by atoms with Gasteiger partial charge in [-0.3, -0.25) is 9.89 Å². The van der Waals surface area contributed by atoms with E-state index in [1.807, 2.05) is 24.4 Å². The molecule has 2 N–H and O–H groups in total. The Kier molecular flexibility index (Phi) is 4.39. The molecule has 0 radical (unpaired) electrons. The van der Waals surface area contributed by atoms with E-state index in [1.165, 1.54) is 12.3 Å². The Labute approximate surface area is 170 Å². The molecule has 150 valence electrons. The number of halogens is 2. The van der Waals surface area contributed by atoms with Crippen LogP contribution in [0.1, 0.15) is 22.3 Å². The van der Waals surface area contributed by atoms with Crippen LogP contribution in [0.25, 0.3) is 27.9 Å². The van der Waals surface area contributed by atoms with Gasteiger partial charge in [0.05, 0.1) is 23.0 Å². The largest absolute Gasteiger partial charge is 0.346 e. The van der Waals surface area contributed by atoms with E-state index in [2.05, 4.69) is 20.2 Å². The van der Waals surface area contributed by atoms with Gasteiger partial charge in [-0.1, -0.05) is 12.1 Å². The molecule has 0 fully saturated rings. The van der Waals surface area contributed by atoms with Gasteiger partial charge in [-0.25, -0.2) is 13.8 Å². The van der Waals surface area contributed by atoms with Crippen molar-refractivity contribution < 1.29 is 13.6 Å². The highest BCUT2D eigenvalue weighted by atomic mass is 19.1. The summed E-state index contributed by atoms with van der Waals surface area (Å²) < 4.78 is 28.4. The van der Waals surface area contributed by atoms with Crippen LogP contribution in [0.2, 0.25) is 0 Å². The van der Waals surface area contributed by atoms with Gasteiger partial charge in [0.1, 0.15) is 17.3 Å². The van der Waals surface area contributed by atoms with E-state index in [9.17, 15) is 13.6 Å². The molecule has 0 saturated heterocycles. The average molecular weight is 405 g/mol. The number of pyridine rings is 1. The van der Waals surface area contributed by atoms with Crippen LogP contribution in [0, 0.1) is 11.6 Å². The van der Waals surface area contributed by atoms with Crippen molar-refractivity contribution in [1.82, 2.24) is 25.1 Å². The molecule has 3 aromatic heterocycles. The lowest BCUT2D eigenvalue weighted by molar-refractivity contribution is 0.0773. The maximum Gasteiger partial charge on any atom is 0.257 e. The summed E-state index contributed by atoms with van der Waals surface area (Å²) in [5.74, 6) is -1.82. The fourth-order valence-corrected chi connectivity index (χ4v) is 3.87. The van der Waals surface area contributed by atoms with Crippen LogP contribution >= 0.6 is 0 Å². The molecule has 1 aliphatic heterocycles. The molecule has 0 saturated carbocycles. The lowest BCUT2D eigenvalue weighted by Gasteiger charge is -2.26. The van der Waals surface area contributed by atoms with Gasteiger partial charge >= 0.3 is 0 Å². The van der Waals surface area contributed by atoms with Gasteiger partial charge in [-0.05, 0) is 36.3 Å². The second-order valence-corrected chi connectivity index (χ2v) is 7.09. The molecule has 6 nitrogen and oxygen atoms in total. The zero-order chi connectivity index (χ0) is 20.7. The van der Waals surface area contributed by atoms with Crippen molar-refractivity contribution in [2.75, 3.05) is 13.1 Å². The summed E-state index contributed by atoms with van der Waals surface area (Å²) in [6.07, 6.45) is 7.64. The molecule has 30 heavy (non-hydrogen) atoms. The number of hydrogen-bond donors (Lipinski definition) is 2. The molecule has 0 bridgehead atoms. The normalized spacial score (nSPS) is 14.2. The summed E-state index contributed by atoms with van der Waals surface area (Å²) in [4.78, 5) is 22.2. The monoisotopic (exact) mass is 405 g/mol. The van der Waals surface area contributed by atoms with Gasteiger partial charge in [0.2, 0.25) is 0 Å². The molecule has 1 aromatic carbocycles. The summed E-state index contributed by atoms with van der Waals surface area (Å²) >= 11 is 0. The lowest BCUT2D eigenvalue weighted by atomic mass is 9.99. The Bertz CT molecular complexity index is 1270. The number of fused-ring (bicyclic) bond motifs is 1. The van der Waals surface area contributed by atoms with Crippen molar-refractivity contribution in [2.45, 2.75) is 6.42 Å². The van der Waals surface area contributed by atoms with Gasteiger partial charge < -0.3 is 9.88 Å². The maximum absolute atomic E-state index is 14.2. The van der Waals surface area contributed by atoms with E-state index in [0.29, 0.717) is 19.5 Å². The topological polar surface area (TPSA) is 77.7 Å². The van der Waals surface area contributed by atoms with E-state index in [-0.39, 0.29) is 22.7 Å². The molecule has 0 unspecified atom stereocenters. The standard InChI is InChI=1S/C22H17F2N5O/c23-17-4-1-5-18(24)19(17)20-16(12-27-28-20)22(30)29-9-6-13(7-10-29)15-11-26-21-14(15)3-2-8-25-21/h1-6,8,11-12H,7,9-10H2,(H,25,26)(H,27,28). The number of carbonyl (C=O) groups excluding carboxylic acids is 1. The third kappa shape index (κ3) is 2.97. The number of benzene rings is 1. The molecule has 8 heteroatoms. The highest BCUT2D eigenvalue weighted by molar-refractivity contribution is 6.00. The van der Waals surface area contributed by atoms with Crippen LogP contribution in [0.4, 0.5) is 8.78 Å². The predicted molar refractivity (Wildman–Crippen MR) is 109 cm³/mol. The van der Waals surface area contributed by atoms with Crippen LogP contribution in [0.5, 0.6) is 0 Å². The third-order valence-corrected chi connectivity index (χ3v) is 5.38. The molecular formula is C22H17F2N5O. The third-order valence-electron chi connectivity index (χ3n) is 5.38. The van der Waals surface area contributed by atoms with Crippen molar-refractivity contribution in [3.05, 3.63) is 77.8 Å². The number of amides is 1. The molecular weight excluding hydrogens is 388 g/mol. The van der Waals surface area contributed by atoms with Gasteiger partial charge in [0.15, 0.2) is 0 Å². The van der Waals surface area contributed by atoms with Gasteiger partial charge in [0, 0.05) is 36.4 Å². The van der Waals surface area contributed by atoms with Crippen molar-refractivity contribution in [2.24, 2.45) is 0 Å². The fraction of sp³-hybridized carbons (Fsp3) is 0.136. The molecule has 1 amide bonds. The predicted octanol–water partition coefficient (Wildman–Crippen LogP) is 4.16. The molecule has 4 heterocycles. The lowest BCUT2D eigenvalue weighted by Crippen LogP contribution is -2.34. The Morgan fingerprint density at radius 1 is 1.13 bits per heavy atom. The smallest absolute Gasteiger partial charge is 0.257 e. The Morgan fingerprint density at radius 3 is 2.73 bits per heavy atom. The SMILES string of the molecule is O=C(c1cn[nH]c1-c1c(F)cccc1F)N1CC=C(c2c[nH]c3ncccc23)CC1. The molecule has 0 spiro atoms. The molecule has 1 aliphatic rings. The number of nitrogens with zero attached hydrogens (tertiary/aromatic N) is 3. The Balaban J connectivity index is 1.41. The van der Waals surface area contributed by atoms with E-state index in [1.54, 1.807) is 11.1 Å². The number of carbonyl (C=O) groups is 1. The second kappa shape index (κ2) is 7.22. The number of nitrogens with one attached hydrogen (secondary N) is 2. The van der Waals surface area contributed by atoms with E-state index >= 15 is 0 Å². The minimum atomic E-state index is -0.748. The van der Waals surface area contributed by atoms with Gasteiger partial charge in [-0.15, -0.1) is 0 Å². The van der Waals surface area contributed by atoms with Crippen LogP contribution in [-0.2, 0) is 0 Å². The highest BCUT2D eigenvalue weighted by Gasteiger charge is 2.26. The quantitative estimate of drug-likeness (QED) is 0.537. The fourth-order valence-electron chi connectivity index (χ4n) is 3.87. The van der Waals surface area contributed by atoms with E-state index in [4.69, 9.17) is 0 Å². The maximum atomic E-state index is 14.2. The average Bonchev–Trinajstić information content (AvgIpc) is 3.41. The van der Waals surface area contributed by atoms with Gasteiger partial charge in [0.25, 0.3) is 5.91 Å². The summed E-state index contributed by atoms with van der Waals surface area (Å²) in [5.41, 5.74) is 2.94.